The fourth-order valence-corrected chi connectivity index (χ4v) is 3.75. The first kappa shape index (κ1) is 23.2. The number of aryl methyl sites for hydroxylation is 2. The van der Waals surface area contributed by atoms with Crippen LogP contribution in [-0.4, -0.2) is 48.0 Å². The number of aromatic nitrogens is 2. The van der Waals surface area contributed by atoms with Crippen molar-refractivity contribution in [3.8, 4) is 17.3 Å². The van der Waals surface area contributed by atoms with Crippen LogP contribution in [0.25, 0.3) is 11.9 Å². The quantitative estimate of drug-likeness (QED) is 0.403. The summed E-state index contributed by atoms with van der Waals surface area (Å²) in [6, 6.07) is 9.49. The van der Waals surface area contributed by atoms with Crippen LogP contribution in [0.4, 0.5) is 0 Å². The highest BCUT2D eigenvalue weighted by Gasteiger charge is 2.14. The van der Waals surface area contributed by atoms with Gasteiger partial charge in [0.1, 0.15) is 19.0 Å². The summed E-state index contributed by atoms with van der Waals surface area (Å²) in [5, 5.41) is 6.79. The molecule has 9 heteroatoms. The van der Waals surface area contributed by atoms with Crippen molar-refractivity contribution in [1.29, 1.82) is 0 Å². The molecule has 1 amide bonds. The first-order chi connectivity index (χ1) is 16.4. The van der Waals surface area contributed by atoms with Crippen molar-refractivity contribution < 1.29 is 28.3 Å². The number of hydrogen-bond acceptors (Lipinski definition) is 7. The van der Waals surface area contributed by atoms with E-state index < -0.39 is 5.97 Å². The van der Waals surface area contributed by atoms with Gasteiger partial charge in [0.2, 0.25) is 0 Å². The van der Waals surface area contributed by atoms with Gasteiger partial charge in [0.05, 0.1) is 0 Å². The zero-order valence-electron chi connectivity index (χ0n) is 19.4. The van der Waals surface area contributed by atoms with Crippen LogP contribution in [0.3, 0.4) is 0 Å². The van der Waals surface area contributed by atoms with Gasteiger partial charge in [-0.15, -0.1) is 0 Å². The number of carbonyl (C=O) groups excluding carboxylic acids is 2. The molecule has 0 aliphatic carbocycles. The maximum Gasteiger partial charge on any atom is 0.331 e. The lowest BCUT2D eigenvalue weighted by Crippen LogP contribution is -2.30. The Morgan fingerprint density at radius 1 is 1.12 bits per heavy atom. The van der Waals surface area contributed by atoms with Crippen molar-refractivity contribution >= 4 is 18.0 Å². The summed E-state index contributed by atoms with van der Waals surface area (Å²) >= 11 is 0. The molecule has 178 valence electrons. The Morgan fingerprint density at radius 3 is 2.68 bits per heavy atom. The minimum Gasteiger partial charge on any atom is -0.486 e. The van der Waals surface area contributed by atoms with Crippen LogP contribution in [-0.2, 0) is 20.7 Å². The van der Waals surface area contributed by atoms with Gasteiger partial charge in [-0.05, 0) is 62.6 Å². The summed E-state index contributed by atoms with van der Waals surface area (Å²) < 4.78 is 23.2. The molecule has 0 radical (unpaired) electrons. The minimum atomic E-state index is -0.593. The van der Waals surface area contributed by atoms with Gasteiger partial charge in [0.15, 0.2) is 23.9 Å². The van der Waals surface area contributed by atoms with Gasteiger partial charge in [0.25, 0.3) is 5.91 Å². The molecule has 0 bridgehead atoms. The monoisotopic (exact) mass is 465 g/mol. The van der Waals surface area contributed by atoms with Crippen LogP contribution in [0, 0.1) is 20.8 Å². The van der Waals surface area contributed by atoms with Crippen molar-refractivity contribution in [3.63, 3.8) is 0 Å². The molecule has 0 spiro atoms. The van der Waals surface area contributed by atoms with E-state index in [-0.39, 0.29) is 12.5 Å². The van der Waals surface area contributed by atoms with E-state index in [1.54, 1.807) is 6.08 Å². The van der Waals surface area contributed by atoms with Gasteiger partial charge in [-0.2, -0.15) is 0 Å². The molecule has 1 aromatic carbocycles. The van der Waals surface area contributed by atoms with E-state index in [1.807, 2.05) is 55.7 Å². The van der Waals surface area contributed by atoms with E-state index >= 15 is 0 Å². The average molecular weight is 466 g/mol. The third-order valence-corrected chi connectivity index (χ3v) is 5.40. The van der Waals surface area contributed by atoms with Crippen LogP contribution in [0.15, 0.2) is 40.9 Å². The Balaban J connectivity index is 1.23. The lowest BCUT2D eigenvalue weighted by Gasteiger charge is -2.18. The highest BCUT2D eigenvalue weighted by atomic mass is 16.6. The molecule has 0 unspecified atom stereocenters. The standard InChI is InChI=1S/C25H27N3O6/c1-16-12-20(18(3)28(16)23-13-17(2)34-27-23)5-7-25(30)33-15-24(29)26-9-8-19-4-6-21-22(14-19)32-11-10-31-21/h4-7,12-14H,8-11,15H2,1-3H3,(H,26,29)/b7-5+. The van der Waals surface area contributed by atoms with E-state index in [0.717, 1.165) is 28.3 Å². The maximum atomic E-state index is 12.1. The lowest BCUT2D eigenvalue weighted by molar-refractivity contribution is -0.143. The Kier molecular flexibility index (Phi) is 7.01. The molecule has 0 fully saturated rings. The van der Waals surface area contributed by atoms with Crippen molar-refractivity contribution in [1.82, 2.24) is 15.0 Å². The summed E-state index contributed by atoms with van der Waals surface area (Å²) in [5.41, 5.74) is 3.73. The smallest absolute Gasteiger partial charge is 0.331 e. The molecule has 1 aliphatic rings. The molecule has 3 aromatic rings. The van der Waals surface area contributed by atoms with E-state index in [2.05, 4.69) is 10.5 Å². The van der Waals surface area contributed by atoms with E-state index in [1.165, 1.54) is 6.08 Å². The fraction of sp³-hybridized carbons (Fsp3) is 0.320. The largest absolute Gasteiger partial charge is 0.486 e. The number of carbonyl (C=O) groups is 2. The number of amides is 1. The second-order valence-corrected chi connectivity index (χ2v) is 7.98. The van der Waals surface area contributed by atoms with E-state index in [4.69, 9.17) is 18.7 Å². The maximum absolute atomic E-state index is 12.1. The zero-order valence-corrected chi connectivity index (χ0v) is 19.4. The Labute approximate surface area is 197 Å². The van der Waals surface area contributed by atoms with Crippen LogP contribution >= 0.6 is 0 Å². The van der Waals surface area contributed by atoms with Crippen LogP contribution in [0.1, 0.15) is 28.3 Å². The second-order valence-electron chi connectivity index (χ2n) is 7.98. The predicted molar refractivity (Wildman–Crippen MR) is 124 cm³/mol. The lowest BCUT2D eigenvalue weighted by atomic mass is 10.1. The Morgan fingerprint density at radius 2 is 1.91 bits per heavy atom. The molecule has 0 saturated heterocycles. The fourth-order valence-electron chi connectivity index (χ4n) is 3.75. The number of rotatable bonds is 8. The van der Waals surface area contributed by atoms with E-state index in [0.29, 0.717) is 43.5 Å². The van der Waals surface area contributed by atoms with E-state index in [9.17, 15) is 9.59 Å². The highest BCUT2D eigenvalue weighted by Crippen LogP contribution is 2.30. The summed E-state index contributed by atoms with van der Waals surface area (Å²) in [5.74, 6) is 1.89. The Bertz CT molecular complexity index is 1220. The third-order valence-electron chi connectivity index (χ3n) is 5.40. The number of fused-ring (bicyclic) bond motifs is 1. The normalized spacial score (nSPS) is 12.7. The molecule has 0 atom stereocenters. The first-order valence-corrected chi connectivity index (χ1v) is 11.0. The number of benzene rings is 1. The van der Waals surface area contributed by atoms with Crippen molar-refractivity contribution in [2.24, 2.45) is 0 Å². The summed E-state index contributed by atoms with van der Waals surface area (Å²) in [7, 11) is 0. The number of nitrogens with zero attached hydrogens (tertiary/aromatic N) is 2. The molecule has 1 aliphatic heterocycles. The molecule has 2 aromatic heterocycles. The van der Waals surface area contributed by atoms with Gasteiger partial charge < -0.3 is 24.1 Å². The molecule has 3 heterocycles. The van der Waals surface area contributed by atoms with Crippen LogP contribution in [0.2, 0.25) is 0 Å². The van der Waals surface area contributed by atoms with Crippen LogP contribution < -0.4 is 14.8 Å². The van der Waals surface area contributed by atoms with Gasteiger partial charge in [0, 0.05) is 30.1 Å². The molecular formula is C25H27N3O6. The number of hydrogen-bond donors (Lipinski definition) is 1. The van der Waals surface area contributed by atoms with Crippen LogP contribution in [0.5, 0.6) is 11.5 Å². The van der Waals surface area contributed by atoms with Crippen molar-refractivity contribution in [2.45, 2.75) is 27.2 Å². The first-order valence-electron chi connectivity index (χ1n) is 11.0. The van der Waals surface area contributed by atoms with Crippen molar-refractivity contribution in [3.05, 3.63) is 64.7 Å². The molecule has 1 N–H and O–H groups in total. The molecule has 9 nitrogen and oxygen atoms in total. The SMILES string of the molecule is Cc1cc(-n2c(C)cc(/C=C/C(=O)OCC(=O)NCCc3ccc4c(c3)OCCO4)c2C)no1. The number of esters is 1. The second kappa shape index (κ2) is 10.3. The predicted octanol–water partition coefficient (Wildman–Crippen LogP) is 3.08. The zero-order chi connectivity index (χ0) is 24.1. The minimum absolute atomic E-state index is 0.346. The summed E-state index contributed by atoms with van der Waals surface area (Å²) in [6.45, 7) is 6.85. The van der Waals surface area contributed by atoms with Gasteiger partial charge in [-0.3, -0.25) is 9.36 Å². The Hall–Kier alpha value is -4.01. The van der Waals surface area contributed by atoms with Gasteiger partial charge in [-0.1, -0.05) is 11.2 Å². The van der Waals surface area contributed by atoms with Gasteiger partial charge >= 0.3 is 5.97 Å². The topological polar surface area (TPSA) is 105 Å². The summed E-state index contributed by atoms with van der Waals surface area (Å²) in [6.07, 6.45) is 3.59. The van der Waals surface area contributed by atoms with Crippen molar-refractivity contribution in [2.75, 3.05) is 26.4 Å². The molecule has 4 rings (SSSR count). The molecule has 34 heavy (non-hydrogen) atoms. The number of nitrogens with one attached hydrogen (secondary N) is 1. The highest BCUT2D eigenvalue weighted by molar-refractivity contribution is 5.89. The van der Waals surface area contributed by atoms with Gasteiger partial charge in [-0.25, -0.2) is 4.79 Å². The third kappa shape index (κ3) is 5.48. The number of ether oxygens (including phenoxy) is 3. The molecular weight excluding hydrogens is 438 g/mol. The average Bonchev–Trinajstić information content (AvgIpc) is 3.37. The molecule has 0 saturated carbocycles. The summed E-state index contributed by atoms with van der Waals surface area (Å²) in [4.78, 5) is 24.1.